The van der Waals surface area contributed by atoms with Gasteiger partial charge < -0.3 is 24.1 Å². The lowest BCUT2D eigenvalue weighted by Gasteiger charge is -2.18. The van der Waals surface area contributed by atoms with Crippen molar-refractivity contribution in [1.82, 2.24) is 0 Å². The summed E-state index contributed by atoms with van der Waals surface area (Å²) in [6.45, 7) is 2.63. The van der Waals surface area contributed by atoms with Crippen molar-refractivity contribution in [3.05, 3.63) is 0 Å². The van der Waals surface area contributed by atoms with Crippen LogP contribution in [0.5, 0.6) is 0 Å². The first kappa shape index (κ1) is 15.3. The number of rotatable bonds is 9. The number of ether oxygens (including phenoxy) is 4. The molecule has 96 valence electrons. The number of esters is 1. The highest BCUT2D eigenvalue weighted by Gasteiger charge is 2.18. The van der Waals surface area contributed by atoms with Crippen LogP contribution in [0.4, 0.5) is 0 Å². The molecule has 0 saturated heterocycles. The van der Waals surface area contributed by atoms with E-state index in [0.29, 0.717) is 13.2 Å². The lowest BCUT2D eigenvalue weighted by molar-refractivity contribution is -0.150. The van der Waals surface area contributed by atoms with E-state index in [-0.39, 0.29) is 13.2 Å². The topological polar surface area (TPSA) is 74.2 Å². The Kier molecular flexibility index (Phi) is 9.12. The molecule has 0 spiro atoms. The highest BCUT2D eigenvalue weighted by Crippen LogP contribution is 2.04. The van der Waals surface area contributed by atoms with Crippen molar-refractivity contribution in [2.75, 3.05) is 34.2 Å². The SMILES string of the molecule is COCCOCO[C@@H](C)[C@H](O)CC(=O)OC. The number of hydrogen-bond donors (Lipinski definition) is 1. The molecular weight excluding hydrogens is 216 g/mol. The van der Waals surface area contributed by atoms with Gasteiger partial charge in [0.2, 0.25) is 0 Å². The van der Waals surface area contributed by atoms with Gasteiger partial charge in [-0.15, -0.1) is 0 Å². The molecule has 1 N–H and O–H groups in total. The van der Waals surface area contributed by atoms with Gasteiger partial charge in [-0.1, -0.05) is 0 Å². The Hall–Kier alpha value is -0.690. The second-order valence-corrected chi connectivity index (χ2v) is 3.24. The van der Waals surface area contributed by atoms with Gasteiger partial charge in [0.05, 0.1) is 39.0 Å². The van der Waals surface area contributed by atoms with Gasteiger partial charge in [0.1, 0.15) is 6.79 Å². The maximum absolute atomic E-state index is 10.9. The van der Waals surface area contributed by atoms with Crippen molar-refractivity contribution in [3.8, 4) is 0 Å². The van der Waals surface area contributed by atoms with Crippen LogP contribution in [0.3, 0.4) is 0 Å². The van der Waals surface area contributed by atoms with E-state index in [1.54, 1.807) is 14.0 Å². The first-order valence-electron chi connectivity index (χ1n) is 5.05. The quantitative estimate of drug-likeness (QED) is 0.343. The van der Waals surface area contributed by atoms with Crippen LogP contribution >= 0.6 is 0 Å². The number of aliphatic hydroxyl groups is 1. The number of carbonyl (C=O) groups excluding carboxylic acids is 1. The van der Waals surface area contributed by atoms with Crippen LogP contribution in [-0.4, -0.2) is 57.5 Å². The van der Waals surface area contributed by atoms with E-state index in [1.807, 2.05) is 0 Å². The van der Waals surface area contributed by atoms with Gasteiger partial charge >= 0.3 is 5.97 Å². The summed E-state index contributed by atoms with van der Waals surface area (Å²) in [6, 6.07) is 0. The van der Waals surface area contributed by atoms with Crippen LogP contribution < -0.4 is 0 Å². The van der Waals surface area contributed by atoms with E-state index in [9.17, 15) is 9.90 Å². The van der Waals surface area contributed by atoms with Crippen LogP contribution in [-0.2, 0) is 23.7 Å². The molecule has 0 aliphatic rings. The molecule has 0 rings (SSSR count). The molecule has 6 heteroatoms. The molecule has 6 nitrogen and oxygen atoms in total. The first-order valence-corrected chi connectivity index (χ1v) is 5.05. The second-order valence-electron chi connectivity index (χ2n) is 3.24. The number of methoxy groups -OCH3 is 2. The van der Waals surface area contributed by atoms with Crippen molar-refractivity contribution in [2.24, 2.45) is 0 Å². The third kappa shape index (κ3) is 7.58. The van der Waals surface area contributed by atoms with E-state index in [2.05, 4.69) is 4.74 Å². The maximum atomic E-state index is 10.9. The lowest BCUT2D eigenvalue weighted by Crippen LogP contribution is -2.29. The van der Waals surface area contributed by atoms with Crippen molar-refractivity contribution in [1.29, 1.82) is 0 Å². The largest absolute Gasteiger partial charge is 0.469 e. The molecule has 0 aromatic heterocycles. The van der Waals surface area contributed by atoms with Crippen LogP contribution in [0.1, 0.15) is 13.3 Å². The summed E-state index contributed by atoms with van der Waals surface area (Å²) in [4.78, 5) is 10.9. The molecule has 0 bridgehead atoms. The normalized spacial score (nSPS) is 14.5. The molecule has 2 atom stereocenters. The first-order chi connectivity index (χ1) is 7.61. The van der Waals surface area contributed by atoms with Gasteiger partial charge in [-0.05, 0) is 6.92 Å². The van der Waals surface area contributed by atoms with Gasteiger partial charge in [0, 0.05) is 7.11 Å². The van der Waals surface area contributed by atoms with Crippen molar-refractivity contribution in [3.63, 3.8) is 0 Å². The fraction of sp³-hybridized carbons (Fsp3) is 0.900. The molecule has 0 aromatic rings. The fourth-order valence-corrected chi connectivity index (χ4v) is 0.888. The maximum Gasteiger partial charge on any atom is 0.308 e. The fourth-order valence-electron chi connectivity index (χ4n) is 0.888. The van der Waals surface area contributed by atoms with Crippen LogP contribution in [0.2, 0.25) is 0 Å². The van der Waals surface area contributed by atoms with Crippen LogP contribution in [0.25, 0.3) is 0 Å². The summed E-state index contributed by atoms with van der Waals surface area (Å²) >= 11 is 0. The Balaban J connectivity index is 3.54. The zero-order valence-electron chi connectivity index (χ0n) is 9.97. The van der Waals surface area contributed by atoms with Gasteiger partial charge in [0.25, 0.3) is 0 Å². The number of hydrogen-bond acceptors (Lipinski definition) is 6. The highest BCUT2D eigenvalue weighted by atomic mass is 16.7. The molecular formula is C10H20O6. The smallest absolute Gasteiger partial charge is 0.308 e. The molecule has 0 amide bonds. The Morgan fingerprint density at radius 3 is 2.56 bits per heavy atom. The predicted octanol–water partition coefficient (Wildman–Crippen LogP) is -0.0640. The Labute approximate surface area is 95.4 Å². The minimum Gasteiger partial charge on any atom is -0.469 e. The monoisotopic (exact) mass is 236 g/mol. The molecule has 0 aliphatic carbocycles. The van der Waals surface area contributed by atoms with Crippen molar-refractivity contribution in [2.45, 2.75) is 25.6 Å². The van der Waals surface area contributed by atoms with E-state index in [4.69, 9.17) is 14.2 Å². The third-order valence-corrected chi connectivity index (χ3v) is 1.99. The molecule has 0 saturated carbocycles. The van der Waals surface area contributed by atoms with E-state index >= 15 is 0 Å². The summed E-state index contributed by atoms with van der Waals surface area (Å²) in [5, 5.41) is 9.52. The van der Waals surface area contributed by atoms with Gasteiger partial charge in [-0.2, -0.15) is 0 Å². The molecule has 0 heterocycles. The van der Waals surface area contributed by atoms with E-state index < -0.39 is 18.2 Å². The van der Waals surface area contributed by atoms with Crippen LogP contribution in [0.15, 0.2) is 0 Å². The number of carbonyl (C=O) groups is 1. The molecule has 0 aromatic carbocycles. The summed E-state index contributed by atoms with van der Waals surface area (Å²) < 4.78 is 19.4. The summed E-state index contributed by atoms with van der Waals surface area (Å²) in [6.07, 6.45) is -1.46. The average molecular weight is 236 g/mol. The van der Waals surface area contributed by atoms with Crippen molar-refractivity contribution < 1.29 is 28.8 Å². The van der Waals surface area contributed by atoms with Gasteiger partial charge in [-0.25, -0.2) is 0 Å². The Bertz CT molecular complexity index is 184. The summed E-state index contributed by atoms with van der Waals surface area (Å²) in [7, 11) is 2.85. The third-order valence-electron chi connectivity index (χ3n) is 1.99. The minimum absolute atomic E-state index is 0.0583. The molecule has 0 radical (unpaired) electrons. The lowest BCUT2D eigenvalue weighted by atomic mass is 10.1. The van der Waals surface area contributed by atoms with E-state index in [1.165, 1.54) is 7.11 Å². The van der Waals surface area contributed by atoms with Gasteiger partial charge in [-0.3, -0.25) is 4.79 Å². The Morgan fingerprint density at radius 1 is 1.31 bits per heavy atom. The van der Waals surface area contributed by atoms with Crippen molar-refractivity contribution >= 4 is 5.97 Å². The standard InChI is InChI=1S/C10H20O6/c1-8(9(11)6-10(12)14-3)16-7-15-5-4-13-2/h8-9,11H,4-7H2,1-3H3/t8-,9+/m0/s1. The molecule has 16 heavy (non-hydrogen) atoms. The summed E-state index contributed by atoms with van der Waals surface area (Å²) in [5.74, 6) is -0.469. The average Bonchev–Trinajstić information content (AvgIpc) is 2.28. The highest BCUT2D eigenvalue weighted by molar-refractivity contribution is 5.69. The van der Waals surface area contributed by atoms with Crippen LogP contribution in [0, 0.1) is 0 Å². The molecule has 0 unspecified atom stereocenters. The predicted molar refractivity (Wildman–Crippen MR) is 55.9 cm³/mol. The molecule has 0 fully saturated rings. The zero-order valence-corrected chi connectivity index (χ0v) is 9.97. The number of aliphatic hydroxyl groups excluding tert-OH is 1. The molecule has 0 aliphatic heterocycles. The minimum atomic E-state index is -0.890. The van der Waals surface area contributed by atoms with Gasteiger partial charge in [0.15, 0.2) is 0 Å². The van der Waals surface area contributed by atoms with E-state index in [0.717, 1.165) is 0 Å². The summed E-state index contributed by atoms with van der Waals surface area (Å²) in [5.41, 5.74) is 0. The second kappa shape index (κ2) is 9.53. The Morgan fingerprint density at radius 2 is 2.00 bits per heavy atom. The zero-order chi connectivity index (χ0) is 12.4.